The summed E-state index contributed by atoms with van der Waals surface area (Å²) in [5, 5.41) is 3.29. The standard InChI is InChI=1S/C13H17Br2NO2/c1-8(2)4-5-16-12-10(13(17)18-3)6-9(14)7-11(12)15/h6-8,16H,4-5H2,1-3H3. The zero-order chi connectivity index (χ0) is 13.7. The van der Waals surface area contributed by atoms with Crippen LogP contribution in [0.1, 0.15) is 30.6 Å². The van der Waals surface area contributed by atoms with Gasteiger partial charge in [0, 0.05) is 15.5 Å². The number of carbonyl (C=O) groups is 1. The van der Waals surface area contributed by atoms with Crippen LogP contribution in [0.5, 0.6) is 0 Å². The minimum atomic E-state index is -0.343. The Balaban J connectivity index is 2.96. The van der Waals surface area contributed by atoms with Crippen molar-refractivity contribution in [1.29, 1.82) is 0 Å². The van der Waals surface area contributed by atoms with Crippen LogP contribution in [0, 0.1) is 5.92 Å². The number of halogens is 2. The van der Waals surface area contributed by atoms with Crippen molar-refractivity contribution in [1.82, 2.24) is 0 Å². The number of hydrogen-bond donors (Lipinski definition) is 1. The summed E-state index contributed by atoms with van der Waals surface area (Å²) in [4.78, 5) is 11.7. The third kappa shape index (κ3) is 4.28. The van der Waals surface area contributed by atoms with Crippen molar-refractivity contribution in [2.75, 3.05) is 19.0 Å². The summed E-state index contributed by atoms with van der Waals surface area (Å²) in [5.41, 5.74) is 1.31. The van der Waals surface area contributed by atoms with Gasteiger partial charge in [0.1, 0.15) is 0 Å². The molecule has 0 unspecified atom stereocenters. The lowest BCUT2D eigenvalue weighted by Gasteiger charge is -2.14. The van der Waals surface area contributed by atoms with Crippen molar-refractivity contribution in [3.63, 3.8) is 0 Å². The fourth-order valence-electron chi connectivity index (χ4n) is 1.51. The van der Waals surface area contributed by atoms with Gasteiger partial charge < -0.3 is 10.1 Å². The van der Waals surface area contributed by atoms with Gasteiger partial charge in [0.25, 0.3) is 0 Å². The monoisotopic (exact) mass is 377 g/mol. The minimum absolute atomic E-state index is 0.343. The van der Waals surface area contributed by atoms with E-state index in [1.165, 1.54) is 7.11 Å². The van der Waals surface area contributed by atoms with Crippen LogP contribution in [0.25, 0.3) is 0 Å². The van der Waals surface area contributed by atoms with Crippen LogP contribution in [-0.2, 0) is 4.74 Å². The van der Waals surface area contributed by atoms with Crippen molar-refractivity contribution in [3.05, 3.63) is 26.6 Å². The van der Waals surface area contributed by atoms with Gasteiger partial charge in [-0.3, -0.25) is 0 Å². The molecule has 0 spiro atoms. The van der Waals surface area contributed by atoms with E-state index in [1.807, 2.05) is 6.07 Å². The summed E-state index contributed by atoms with van der Waals surface area (Å²) in [6, 6.07) is 3.67. The Bertz CT molecular complexity index is 433. The highest BCUT2D eigenvalue weighted by Gasteiger charge is 2.15. The molecule has 0 amide bonds. The molecular formula is C13H17Br2NO2. The summed E-state index contributed by atoms with van der Waals surface area (Å²) in [6.07, 6.45) is 1.04. The van der Waals surface area contributed by atoms with Gasteiger partial charge in [0.2, 0.25) is 0 Å². The summed E-state index contributed by atoms with van der Waals surface area (Å²) in [6.45, 7) is 5.15. The summed E-state index contributed by atoms with van der Waals surface area (Å²) < 4.78 is 6.48. The molecule has 1 N–H and O–H groups in total. The van der Waals surface area contributed by atoms with Crippen LogP contribution in [0.2, 0.25) is 0 Å². The number of nitrogens with one attached hydrogen (secondary N) is 1. The number of rotatable bonds is 5. The van der Waals surface area contributed by atoms with Crippen LogP contribution in [0.15, 0.2) is 21.1 Å². The first-order chi connectivity index (χ1) is 8.45. The second-order valence-corrected chi connectivity index (χ2v) is 6.18. The summed E-state index contributed by atoms with van der Waals surface area (Å²) >= 11 is 6.83. The number of anilines is 1. The molecule has 0 radical (unpaired) electrons. The molecule has 0 saturated carbocycles. The molecule has 5 heteroatoms. The molecule has 1 rings (SSSR count). The maximum absolute atomic E-state index is 11.7. The van der Waals surface area contributed by atoms with E-state index in [1.54, 1.807) is 6.07 Å². The molecule has 3 nitrogen and oxygen atoms in total. The quantitative estimate of drug-likeness (QED) is 0.769. The lowest BCUT2D eigenvalue weighted by atomic mass is 10.1. The third-order valence-corrected chi connectivity index (χ3v) is 3.57. The van der Waals surface area contributed by atoms with Gasteiger partial charge >= 0.3 is 5.97 Å². The summed E-state index contributed by atoms with van der Waals surface area (Å²) in [5.74, 6) is 0.275. The summed E-state index contributed by atoms with van der Waals surface area (Å²) in [7, 11) is 1.38. The second-order valence-electron chi connectivity index (χ2n) is 4.41. The first-order valence-corrected chi connectivity index (χ1v) is 7.35. The van der Waals surface area contributed by atoms with E-state index in [-0.39, 0.29) is 5.97 Å². The molecule has 100 valence electrons. The Labute approximate surface area is 125 Å². The number of benzene rings is 1. The molecule has 0 aliphatic rings. The fourth-order valence-corrected chi connectivity index (χ4v) is 2.88. The predicted octanol–water partition coefficient (Wildman–Crippen LogP) is 4.46. The van der Waals surface area contributed by atoms with Crippen LogP contribution in [0.4, 0.5) is 5.69 Å². The predicted molar refractivity (Wildman–Crippen MR) is 81.1 cm³/mol. The Morgan fingerprint density at radius 2 is 2.06 bits per heavy atom. The molecule has 0 bridgehead atoms. The Kier molecular flexibility index (Phi) is 6.15. The average Bonchev–Trinajstić information content (AvgIpc) is 2.30. The third-order valence-electron chi connectivity index (χ3n) is 2.48. The van der Waals surface area contributed by atoms with Crippen LogP contribution < -0.4 is 5.32 Å². The normalized spacial score (nSPS) is 10.6. The van der Waals surface area contributed by atoms with Crippen molar-refractivity contribution in [2.45, 2.75) is 20.3 Å². The molecule has 0 fully saturated rings. The highest BCUT2D eigenvalue weighted by atomic mass is 79.9. The molecule has 0 aliphatic carbocycles. The number of methoxy groups -OCH3 is 1. The van der Waals surface area contributed by atoms with Crippen molar-refractivity contribution in [3.8, 4) is 0 Å². The first-order valence-electron chi connectivity index (χ1n) is 5.77. The van der Waals surface area contributed by atoms with E-state index in [0.29, 0.717) is 11.5 Å². The highest BCUT2D eigenvalue weighted by molar-refractivity contribution is 9.11. The molecule has 18 heavy (non-hydrogen) atoms. The Hall–Kier alpha value is -0.550. The molecule has 0 heterocycles. The molecule has 1 aromatic rings. The van der Waals surface area contributed by atoms with E-state index in [4.69, 9.17) is 4.74 Å². The highest BCUT2D eigenvalue weighted by Crippen LogP contribution is 2.31. The zero-order valence-electron chi connectivity index (χ0n) is 10.7. The minimum Gasteiger partial charge on any atom is -0.465 e. The number of carbonyl (C=O) groups excluding carboxylic acids is 1. The lowest BCUT2D eigenvalue weighted by molar-refractivity contribution is 0.0601. The van der Waals surface area contributed by atoms with Gasteiger partial charge in [0.15, 0.2) is 0 Å². The van der Waals surface area contributed by atoms with E-state index >= 15 is 0 Å². The van der Waals surface area contributed by atoms with Crippen molar-refractivity contribution < 1.29 is 9.53 Å². The largest absolute Gasteiger partial charge is 0.465 e. The SMILES string of the molecule is COC(=O)c1cc(Br)cc(Br)c1NCCC(C)C. The van der Waals surface area contributed by atoms with Gasteiger partial charge in [-0.1, -0.05) is 29.8 Å². The van der Waals surface area contributed by atoms with Gasteiger partial charge in [0.05, 0.1) is 18.4 Å². The van der Waals surface area contributed by atoms with Gasteiger partial charge in [-0.15, -0.1) is 0 Å². The van der Waals surface area contributed by atoms with E-state index < -0.39 is 0 Å². The average molecular weight is 379 g/mol. The Morgan fingerprint density at radius 3 is 2.61 bits per heavy atom. The molecule has 0 aromatic heterocycles. The maximum Gasteiger partial charge on any atom is 0.340 e. The molecule has 0 aliphatic heterocycles. The zero-order valence-corrected chi connectivity index (χ0v) is 13.9. The topological polar surface area (TPSA) is 38.3 Å². The molecule has 1 aromatic carbocycles. The van der Waals surface area contributed by atoms with Crippen LogP contribution in [-0.4, -0.2) is 19.6 Å². The smallest absolute Gasteiger partial charge is 0.340 e. The number of hydrogen-bond acceptors (Lipinski definition) is 3. The second kappa shape index (κ2) is 7.14. The first kappa shape index (κ1) is 15.5. The van der Waals surface area contributed by atoms with E-state index in [2.05, 4.69) is 51.0 Å². The lowest BCUT2D eigenvalue weighted by Crippen LogP contribution is -2.11. The van der Waals surface area contributed by atoms with Gasteiger partial charge in [-0.25, -0.2) is 4.79 Å². The van der Waals surface area contributed by atoms with Gasteiger partial charge in [-0.05, 0) is 40.4 Å². The molecular weight excluding hydrogens is 362 g/mol. The fraction of sp³-hybridized carbons (Fsp3) is 0.462. The van der Waals surface area contributed by atoms with Crippen molar-refractivity contribution >= 4 is 43.5 Å². The van der Waals surface area contributed by atoms with Crippen molar-refractivity contribution in [2.24, 2.45) is 5.92 Å². The molecule has 0 atom stereocenters. The molecule has 0 saturated heterocycles. The van der Waals surface area contributed by atoms with Crippen LogP contribution in [0.3, 0.4) is 0 Å². The maximum atomic E-state index is 11.7. The number of ether oxygens (including phenoxy) is 1. The number of esters is 1. The van der Waals surface area contributed by atoms with E-state index in [9.17, 15) is 4.79 Å². The van der Waals surface area contributed by atoms with Gasteiger partial charge in [-0.2, -0.15) is 0 Å². The van der Waals surface area contributed by atoms with E-state index in [0.717, 1.165) is 27.6 Å². The van der Waals surface area contributed by atoms with Crippen LogP contribution >= 0.6 is 31.9 Å². The Morgan fingerprint density at radius 1 is 1.39 bits per heavy atom.